The topological polar surface area (TPSA) is 78.1 Å². The number of rotatable bonds is 7. The highest BCUT2D eigenvalue weighted by molar-refractivity contribution is 14.0. The monoisotopic (exact) mass is 475 g/mol. The highest BCUT2D eigenvalue weighted by atomic mass is 127. The van der Waals surface area contributed by atoms with Gasteiger partial charge in [-0.2, -0.15) is 0 Å². The standard InChI is InChI=1S/C18H22FN3O3.HI/c1-12(25-15-6-4-5-13(19)9-15)11-21-18(20)22-16-10-14(23-2)7-8-17(16)24-3;/h4-10,12H,11H2,1-3H3,(H3,20,21,22);1H. The van der Waals surface area contributed by atoms with E-state index in [4.69, 9.17) is 19.9 Å². The maximum Gasteiger partial charge on any atom is 0.193 e. The number of nitrogens with two attached hydrogens (primary N) is 1. The van der Waals surface area contributed by atoms with E-state index in [0.29, 0.717) is 29.5 Å². The van der Waals surface area contributed by atoms with E-state index in [1.165, 1.54) is 12.1 Å². The Balaban J connectivity index is 0.00000338. The lowest BCUT2D eigenvalue weighted by Gasteiger charge is -2.14. The van der Waals surface area contributed by atoms with Gasteiger partial charge >= 0.3 is 0 Å². The smallest absolute Gasteiger partial charge is 0.193 e. The second kappa shape index (κ2) is 10.7. The second-order valence-corrected chi connectivity index (χ2v) is 5.30. The van der Waals surface area contributed by atoms with Crippen LogP contribution in [0.1, 0.15) is 6.92 Å². The lowest BCUT2D eigenvalue weighted by atomic mass is 10.2. The highest BCUT2D eigenvalue weighted by Gasteiger charge is 2.08. The van der Waals surface area contributed by atoms with E-state index in [-0.39, 0.29) is 41.9 Å². The Morgan fingerprint density at radius 1 is 1.15 bits per heavy atom. The Morgan fingerprint density at radius 3 is 2.58 bits per heavy atom. The number of ether oxygens (including phenoxy) is 3. The SMILES string of the molecule is COc1ccc(OC)c(NC(N)=NCC(C)Oc2cccc(F)c2)c1.I. The summed E-state index contributed by atoms with van der Waals surface area (Å²) in [5, 5.41) is 2.97. The van der Waals surface area contributed by atoms with Crippen molar-refractivity contribution in [2.45, 2.75) is 13.0 Å². The van der Waals surface area contributed by atoms with Gasteiger partial charge < -0.3 is 25.3 Å². The van der Waals surface area contributed by atoms with Gasteiger partial charge in [0.1, 0.15) is 29.2 Å². The van der Waals surface area contributed by atoms with Crippen LogP contribution in [-0.2, 0) is 0 Å². The van der Waals surface area contributed by atoms with Crippen LogP contribution < -0.4 is 25.3 Å². The summed E-state index contributed by atoms with van der Waals surface area (Å²) in [5.41, 5.74) is 6.55. The van der Waals surface area contributed by atoms with Crippen LogP contribution in [0.25, 0.3) is 0 Å². The second-order valence-electron chi connectivity index (χ2n) is 5.30. The molecule has 0 aliphatic heterocycles. The number of halogens is 2. The third kappa shape index (κ3) is 6.58. The first-order valence-electron chi connectivity index (χ1n) is 7.73. The minimum atomic E-state index is -0.348. The molecular weight excluding hydrogens is 452 g/mol. The fourth-order valence-corrected chi connectivity index (χ4v) is 2.13. The molecule has 26 heavy (non-hydrogen) atoms. The molecule has 2 aromatic rings. The molecule has 3 N–H and O–H groups in total. The van der Waals surface area contributed by atoms with Gasteiger partial charge in [0.2, 0.25) is 0 Å². The maximum atomic E-state index is 13.1. The molecule has 0 aliphatic rings. The molecule has 142 valence electrons. The number of aliphatic imine (C=N–C) groups is 1. The third-order valence-electron chi connectivity index (χ3n) is 3.32. The number of nitrogens with zero attached hydrogens (tertiary/aromatic N) is 1. The summed E-state index contributed by atoms with van der Waals surface area (Å²) >= 11 is 0. The van der Waals surface area contributed by atoms with E-state index in [1.54, 1.807) is 44.6 Å². The van der Waals surface area contributed by atoms with E-state index in [9.17, 15) is 4.39 Å². The molecule has 1 unspecified atom stereocenters. The molecule has 0 radical (unpaired) electrons. The normalized spacial score (nSPS) is 11.9. The quantitative estimate of drug-likeness (QED) is 0.363. The Hall–Kier alpha value is -2.23. The molecular formula is C18H23FIN3O3. The minimum Gasteiger partial charge on any atom is -0.497 e. The lowest BCUT2D eigenvalue weighted by Crippen LogP contribution is -2.26. The van der Waals surface area contributed by atoms with Gasteiger partial charge in [-0.05, 0) is 31.2 Å². The maximum absolute atomic E-state index is 13.1. The molecule has 0 aromatic heterocycles. The van der Waals surface area contributed by atoms with Gasteiger partial charge in [-0.15, -0.1) is 24.0 Å². The number of nitrogens with one attached hydrogen (secondary N) is 1. The summed E-state index contributed by atoms with van der Waals surface area (Å²) in [6, 6.07) is 11.3. The Morgan fingerprint density at radius 2 is 1.92 bits per heavy atom. The fourth-order valence-electron chi connectivity index (χ4n) is 2.13. The van der Waals surface area contributed by atoms with Crippen LogP contribution in [-0.4, -0.2) is 32.8 Å². The molecule has 0 spiro atoms. The summed E-state index contributed by atoms with van der Waals surface area (Å²) in [5.74, 6) is 1.59. The van der Waals surface area contributed by atoms with E-state index in [1.807, 2.05) is 6.92 Å². The molecule has 2 rings (SSSR count). The van der Waals surface area contributed by atoms with Crippen molar-refractivity contribution in [2.24, 2.45) is 10.7 Å². The van der Waals surface area contributed by atoms with Crippen LogP contribution in [0.15, 0.2) is 47.5 Å². The Kier molecular flexibility index (Phi) is 8.97. The molecule has 0 bridgehead atoms. The van der Waals surface area contributed by atoms with Crippen LogP contribution in [0.5, 0.6) is 17.2 Å². The Bertz CT molecular complexity index is 743. The zero-order valence-electron chi connectivity index (χ0n) is 14.9. The number of hydrogen-bond donors (Lipinski definition) is 2. The van der Waals surface area contributed by atoms with Crippen LogP contribution in [0, 0.1) is 5.82 Å². The van der Waals surface area contributed by atoms with Crippen molar-refractivity contribution in [1.82, 2.24) is 0 Å². The number of hydrogen-bond acceptors (Lipinski definition) is 4. The van der Waals surface area contributed by atoms with Gasteiger partial charge in [-0.3, -0.25) is 0 Å². The first-order valence-corrected chi connectivity index (χ1v) is 7.73. The predicted octanol–water partition coefficient (Wildman–Crippen LogP) is 3.66. The van der Waals surface area contributed by atoms with Gasteiger partial charge in [-0.25, -0.2) is 9.38 Å². The van der Waals surface area contributed by atoms with Crippen molar-refractivity contribution >= 4 is 35.6 Å². The first kappa shape index (κ1) is 21.8. The van der Waals surface area contributed by atoms with Crippen molar-refractivity contribution in [1.29, 1.82) is 0 Å². The lowest BCUT2D eigenvalue weighted by molar-refractivity contribution is 0.229. The first-order chi connectivity index (χ1) is 12.0. The van der Waals surface area contributed by atoms with Crippen molar-refractivity contribution in [2.75, 3.05) is 26.1 Å². The largest absolute Gasteiger partial charge is 0.497 e. The average molecular weight is 475 g/mol. The van der Waals surface area contributed by atoms with Crippen LogP contribution in [0.3, 0.4) is 0 Å². The van der Waals surface area contributed by atoms with Crippen LogP contribution in [0.4, 0.5) is 10.1 Å². The van der Waals surface area contributed by atoms with Crippen molar-refractivity contribution in [3.05, 3.63) is 48.3 Å². The number of guanidine groups is 1. The molecule has 6 nitrogen and oxygen atoms in total. The van der Waals surface area contributed by atoms with E-state index < -0.39 is 0 Å². The number of anilines is 1. The van der Waals surface area contributed by atoms with Crippen molar-refractivity contribution < 1.29 is 18.6 Å². The summed E-state index contributed by atoms with van der Waals surface area (Å²) in [4.78, 5) is 4.24. The van der Waals surface area contributed by atoms with Gasteiger partial charge in [-0.1, -0.05) is 6.07 Å². The average Bonchev–Trinajstić information content (AvgIpc) is 2.60. The van der Waals surface area contributed by atoms with Crippen LogP contribution >= 0.6 is 24.0 Å². The molecule has 8 heteroatoms. The summed E-state index contributed by atoms with van der Waals surface area (Å²) in [7, 11) is 3.14. The van der Waals surface area contributed by atoms with Gasteiger partial charge in [0.15, 0.2) is 5.96 Å². The molecule has 0 aliphatic carbocycles. The van der Waals surface area contributed by atoms with Gasteiger partial charge in [0.05, 0.1) is 26.5 Å². The van der Waals surface area contributed by atoms with Crippen LogP contribution in [0.2, 0.25) is 0 Å². The summed E-state index contributed by atoms with van der Waals surface area (Å²) in [6.07, 6.45) is -0.269. The highest BCUT2D eigenvalue weighted by Crippen LogP contribution is 2.28. The molecule has 0 saturated heterocycles. The Labute approximate surface area is 169 Å². The molecule has 0 amide bonds. The molecule has 0 fully saturated rings. The molecule has 0 saturated carbocycles. The number of methoxy groups -OCH3 is 2. The van der Waals surface area contributed by atoms with Gasteiger partial charge in [0.25, 0.3) is 0 Å². The van der Waals surface area contributed by atoms with E-state index in [0.717, 1.165) is 0 Å². The van der Waals surface area contributed by atoms with E-state index in [2.05, 4.69) is 10.3 Å². The zero-order chi connectivity index (χ0) is 18.2. The van der Waals surface area contributed by atoms with E-state index >= 15 is 0 Å². The third-order valence-corrected chi connectivity index (χ3v) is 3.32. The molecule has 0 heterocycles. The summed E-state index contributed by atoms with van der Waals surface area (Å²) < 4.78 is 29.2. The zero-order valence-corrected chi connectivity index (χ0v) is 17.2. The number of benzene rings is 2. The molecule has 1 atom stereocenters. The summed E-state index contributed by atoms with van der Waals surface area (Å²) in [6.45, 7) is 2.13. The minimum absolute atomic E-state index is 0. The van der Waals surface area contributed by atoms with Crippen molar-refractivity contribution in [3.8, 4) is 17.2 Å². The molecule has 2 aromatic carbocycles. The fraction of sp³-hybridized carbons (Fsp3) is 0.278. The van der Waals surface area contributed by atoms with Crippen molar-refractivity contribution in [3.63, 3.8) is 0 Å². The van der Waals surface area contributed by atoms with Gasteiger partial charge in [0, 0.05) is 12.1 Å². The predicted molar refractivity (Wildman–Crippen MR) is 112 cm³/mol.